The maximum absolute atomic E-state index is 3.12. The number of hydrogen-bond donors (Lipinski definition) is 0. The molecule has 2 aromatic carbocycles. The number of halogens is 2. The van der Waals surface area contributed by atoms with Crippen LogP contribution in [0.25, 0.3) is 16.5 Å². The van der Waals surface area contributed by atoms with Gasteiger partial charge in [-0.25, -0.2) is 11.6 Å². The summed E-state index contributed by atoms with van der Waals surface area (Å²) in [4.78, 5) is 0. The van der Waals surface area contributed by atoms with Crippen LogP contribution in [0.4, 0.5) is 0 Å². The van der Waals surface area contributed by atoms with Crippen molar-refractivity contribution in [1.29, 1.82) is 0 Å². The second-order valence-electron chi connectivity index (χ2n) is 4.90. The zero-order valence-electron chi connectivity index (χ0n) is 12.8. The Hall–Kier alpha value is -0.947. The minimum Gasteiger partial charge on any atom is -1.00 e. The van der Waals surface area contributed by atoms with Crippen molar-refractivity contribution in [1.82, 2.24) is 4.57 Å². The van der Waals surface area contributed by atoms with E-state index in [9.17, 15) is 0 Å². The van der Waals surface area contributed by atoms with E-state index in [2.05, 4.69) is 78.5 Å². The zero-order valence-corrected chi connectivity index (χ0v) is 16.8. The molecule has 1 aliphatic carbocycles. The summed E-state index contributed by atoms with van der Waals surface area (Å²) in [7, 11) is 0. The summed E-state index contributed by atoms with van der Waals surface area (Å²) < 4.78 is 2.12. The first-order chi connectivity index (χ1) is 9.83. The van der Waals surface area contributed by atoms with Crippen LogP contribution >= 0.6 is 0 Å². The van der Waals surface area contributed by atoms with E-state index in [-0.39, 0.29) is 51.0 Å². The molecule has 4 heteroatoms. The third kappa shape index (κ3) is 5.88. The molecule has 4 rings (SSSR count). The summed E-state index contributed by atoms with van der Waals surface area (Å²) in [6.07, 6.45) is 12.5. The van der Waals surface area contributed by atoms with Gasteiger partial charge in [0.05, 0.1) is 0 Å². The molecule has 0 radical (unpaired) electrons. The molecule has 0 saturated heterocycles. The van der Waals surface area contributed by atoms with Crippen molar-refractivity contribution in [3.63, 3.8) is 0 Å². The van der Waals surface area contributed by atoms with Gasteiger partial charge in [0.25, 0.3) is 0 Å². The van der Waals surface area contributed by atoms with Crippen LogP contribution < -0.4 is 24.8 Å². The SMILES string of the molecule is CC1=[C-]CC=C1.[Cl-].[Cl-].[Zr+4].c1ccc2[cH-]c(-n3cccc3)cc2c1. The molecule has 23 heavy (non-hydrogen) atoms. The van der Waals surface area contributed by atoms with Gasteiger partial charge in [0.2, 0.25) is 0 Å². The van der Waals surface area contributed by atoms with E-state index in [4.69, 9.17) is 0 Å². The van der Waals surface area contributed by atoms with Gasteiger partial charge in [-0.2, -0.15) is 6.08 Å². The van der Waals surface area contributed by atoms with Gasteiger partial charge in [0.1, 0.15) is 0 Å². The quantitative estimate of drug-likeness (QED) is 0.447. The van der Waals surface area contributed by atoms with Crippen LogP contribution in [0, 0.1) is 6.08 Å². The van der Waals surface area contributed by atoms with Gasteiger partial charge in [0.15, 0.2) is 0 Å². The van der Waals surface area contributed by atoms with Crippen molar-refractivity contribution in [2.75, 3.05) is 0 Å². The molecule has 0 spiro atoms. The zero-order chi connectivity index (χ0) is 13.8. The molecule has 0 aliphatic heterocycles. The third-order valence-corrected chi connectivity index (χ3v) is 3.37. The van der Waals surface area contributed by atoms with Crippen LogP contribution in [0.15, 0.2) is 78.6 Å². The van der Waals surface area contributed by atoms with Crippen molar-refractivity contribution >= 4 is 10.8 Å². The van der Waals surface area contributed by atoms with E-state index < -0.39 is 0 Å². The Morgan fingerprint density at radius 1 is 1.04 bits per heavy atom. The van der Waals surface area contributed by atoms with Crippen molar-refractivity contribution < 1.29 is 51.0 Å². The molecule has 1 aliphatic rings. The summed E-state index contributed by atoms with van der Waals surface area (Å²) >= 11 is 0. The van der Waals surface area contributed by atoms with Crippen molar-refractivity contribution in [2.45, 2.75) is 13.3 Å². The number of aromatic nitrogens is 1. The summed E-state index contributed by atoms with van der Waals surface area (Å²) in [5.74, 6) is 0. The Balaban J connectivity index is 0.000000469. The van der Waals surface area contributed by atoms with Gasteiger partial charge >= 0.3 is 26.2 Å². The predicted octanol–water partition coefficient (Wildman–Crippen LogP) is -0.949. The topological polar surface area (TPSA) is 4.93 Å². The van der Waals surface area contributed by atoms with Crippen molar-refractivity contribution in [3.8, 4) is 5.69 Å². The number of hydrogen-bond acceptors (Lipinski definition) is 0. The van der Waals surface area contributed by atoms with Crippen LogP contribution in [0.3, 0.4) is 0 Å². The first kappa shape index (κ1) is 22.1. The predicted molar refractivity (Wildman–Crippen MR) is 85.1 cm³/mol. The molecule has 1 aromatic heterocycles. The smallest absolute Gasteiger partial charge is 1.00 e. The van der Waals surface area contributed by atoms with Gasteiger partial charge in [-0.3, -0.25) is 6.08 Å². The van der Waals surface area contributed by atoms with Gasteiger partial charge in [0, 0.05) is 12.4 Å². The molecule has 3 aromatic rings. The van der Waals surface area contributed by atoms with E-state index >= 15 is 0 Å². The average molecular weight is 421 g/mol. The Morgan fingerprint density at radius 2 is 1.74 bits per heavy atom. The second-order valence-corrected chi connectivity index (χ2v) is 4.90. The summed E-state index contributed by atoms with van der Waals surface area (Å²) in [6.45, 7) is 2.06. The molecule has 0 amide bonds. The van der Waals surface area contributed by atoms with Crippen LogP contribution in [0.2, 0.25) is 0 Å². The number of rotatable bonds is 1. The second kappa shape index (κ2) is 10.8. The molecule has 0 saturated carbocycles. The van der Waals surface area contributed by atoms with Crippen molar-refractivity contribution in [2.24, 2.45) is 0 Å². The maximum atomic E-state index is 3.12. The van der Waals surface area contributed by atoms with Gasteiger partial charge in [-0.1, -0.05) is 13.0 Å². The maximum Gasteiger partial charge on any atom is 4.00 e. The van der Waals surface area contributed by atoms with Gasteiger partial charge < -0.3 is 29.4 Å². The summed E-state index contributed by atoms with van der Waals surface area (Å²) in [5, 5.41) is 2.60. The Labute approximate surface area is 169 Å². The monoisotopic (exact) mass is 419 g/mol. The van der Waals surface area contributed by atoms with E-state index in [0.29, 0.717) is 0 Å². The first-order valence-electron chi connectivity index (χ1n) is 6.86. The van der Waals surface area contributed by atoms with Crippen LogP contribution in [-0.4, -0.2) is 4.57 Å². The minimum absolute atomic E-state index is 0. The molecular formula is C19H17Cl2NZr. The largest absolute Gasteiger partial charge is 4.00 e. The molecule has 1 heterocycles. The fraction of sp³-hybridized carbons (Fsp3) is 0.105. The number of nitrogens with zero attached hydrogens (tertiary/aromatic N) is 1. The molecular weight excluding hydrogens is 404 g/mol. The molecule has 0 fully saturated rings. The fourth-order valence-corrected chi connectivity index (χ4v) is 2.30. The minimum atomic E-state index is 0. The Bertz CT molecular complexity index is 719. The fourth-order valence-electron chi connectivity index (χ4n) is 2.30. The number of benzene rings is 1. The molecule has 116 valence electrons. The van der Waals surface area contributed by atoms with Crippen LogP contribution in [0.5, 0.6) is 0 Å². The van der Waals surface area contributed by atoms with Crippen LogP contribution in [0.1, 0.15) is 13.3 Å². The normalized spacial score (nSPS) is 11.4. The van der Waals surface area contributed by atoms with E-state index in [1.807, 2.05) is 12.1 Å². The number of allylic oxidation sites excluding steroid dienone is 4. The Kier molecular flexibility index (Phi) is 10.3. The molecule has 0 atom stereocenters. The average Bonchev–Trinajstić information content (AvgIpc) is 3.20. The van der Waals surface area contributed by atoms with Gasteiger partial charge in [-0.05, 0) is 17.8 Å². The molecule has 1 nitrogen and oxygen atoms in total. The summed E-state index contributed by atoms with van der Waals surface area (Å²) in [6, 6.07) is 16.9. The van der Waals surface area contributed by atoms with Crippen molar-refractivity contribution in [3.05, 3.63) is 84.7 Å². The van der Waals surface area contributed by atoms with E-state index in [1.165, 1.54) is 22.0 Å². The summed E-state index contributed by atoms with van der Waals surface area (Å²) in [5.41, 5.74) is 2.51. The molecule has 0 bridgehead atoms. The van der Waals surface area contributed by atoms with Crippen LogP contribution in [-0.2, 0) is 26.2 Å². The van der Waals surface area contributed by atoms with E-state index in [1.54, 1.807) is 0 Å². The first-order valence-corrected chi connectivity index (χ1v) is 6.86. The standard InChI is InChI=1S/C13H10N.C6H7.2ClH.Zr/c1-2-6-12-10-13(9-11(12)5-1)14-7-3-4-8-14;1-6-4-2-3-5-6;;;/h1-10H;2,4H,3H2,1H3;2*1H;/q2*-1;;;+4/p-2. The molecule has 0 unspecified atom stereocenters. The third-order valence-electron chi connectivity index (χ3n) is 3.37. The van der Waals surface area contributed by atoms with E-state index in [0.717, 1.165) is 6.42 Å². The van der Waals surface area contributed by atoms with Gasteiger partial charge in [-0.15, -0.1) is 47.5 Å². The Morgan fingerprint density at radius 3 is 2.26 bits per heavy atom. The number of fused-ring (bicyclic) bond motifs is 1. The molecule has 0 N–H and O–H groups in total.